The molecule has 0 saturated carbocycles. The third-order valence-electron chi connectivity index (χ3n) is 3.56. The summed E-state index contributed by atoms with van der Waals surface area (Å²) >= 11 is 3.71. The van der Waals surface area contributed by atoms with E-state index in [1.54, 1.807) is 0 Å². The van der Waals surface area contributed by atoms with Gasteiger partial charge >= 0.3 is 0 Å². The number of hydrogen-bond donors (Lipinski definition) is 1. The molecule has 0 saturated heterocycles. The van der Waals surface area contributed by atoms with Crippen molar-refractivity contribution in [2.45, 2.75) is 26.9 Å². The minimum absolute atomic E-state index is 0.919. The molecular weight excluding hydrogens is 324 g/mol. The molecular formula is C18H23BrN2. The van der Waals surface area contributed by atoms with Crippen LogP contribution in [0.3, 0.4) is 0 Å². The van der Waals surface area contributed by atoms with Gasteiger partial charge in [0.15, 0.2) is 0 Å². The molecule has 112 valence electrons. The molecule has 3 heteroatoms. The number of anilines is 1. The Bertz CT molecular complexity index is 554. The molecule has 2 aromatic carbocycles. The van der Waals surface area contributed by atoms with E-state index in [0.29, 0.717) is 0 Å². The van der Waals surface area contributed by atoms with Crippen LogP contribution in [0.4, 0.5) is 5.69 Å². The molecule has 0 aliphatic rings. The van der Waals surface area contributed by atoms with Gasteiger partial charge < -0.3 is 10.2 Å². The quantitative estimate of drug-likeness (QED) is 0.788. The molecule has 0 unspecified atom stereocenters. The summed E-state index contributed by atoms with van der Waals surface area (Å²) in [5, 5.41) is 3.36. The maximum Gasteiger partial charge on any atom is 0.0440 e. The fourth-order valence-corrected chi connectivity index (χ4v) is 2.88. The molecule has 2 nitrogen and oxygen atoms in total. The summed E-state index contributed by atoms with van der Waals surface area (Å²) in [7, 11) is 0. The summed E-state index contributed by atoms with van der Waals surface area (Å²) in [4.78, 5) is 2.38. The molecule has 0 amide bonds. The van der Waals surface area contributed by atoms with Crippen LogP contribution in [0.15, 0.2) is 53.0 Å². The number of rotatable bonds is 7. The van der Waals surface area contributed by atoms with Crippen LogP contribution >= 0.6 is 15.9 Å². The van der Waals surface area contributed by atoms with Gasteiger partial charge in [0.2, 0.25) is 0 Å². The second-order valence-corrected chi connectivity index (χ2v) is 5.91. The van der Waals surface area contributed by atoms with E-state index in [-0.39, 0.29) is 0 Å². The zero-order valence-corrected chi connectivity index (χ0v) is 14.4. The van der Waals surface area contributed by atoms with E-state index in [9.17, 15) is 0 Å². The minimum Gasteiger partial charge on any atom is -0.367 e. The summed E-state index contributed by atoms with van der Waals surface area (Å²) in [5.74, 6) is 0. The van der Waals surface area contributed by atoms with Crippen molar-refractivity contribution >= 4 is 21.6 Å². The Kier molecular flexibility index (Phi) is 6.27. The highest BCUT2D eigenvalue weighted by Gasteiger charge is 2.08. The zero-order chi connectivity index (χ0) is 15.1. The van der Waals surface area contributed by atoms with Crippen molar-refractivity contribution in [3.8, 4) is 0 Å². The molecule has 0 fully saturated rings. The summed E-state index contributed by atoms with van der Waals surface area (Å²) in [6.45, 7) is 8.16. The minimum atomic E-state index is 0.919. The summed E-state index contributed by atoms with van der Waals surface area (Å²) < 4.78 is 1.19. The molecule has 0 aromatic heterocycles. The Hall–Kier alpha value is -1.32. The van der Waals surface area contributed by atoms with Gasteiger partial charge in [-0.3, -0.25) is 0 Å². The number of para-hydroxylation sites is 1. The number of nitrogens with zero attached hydrogens (tertiary/aromatic N) is 1. The Morgan fingerprint density at radius 1 is 1.05 bits per heavy atom. The first-order valence-corrected chi connectivity index (χ1v) is 8.32. The predicted molar refractivity (Wildman–Crippen MR) is 94.7 cm³/mol. The SMILES string of the molecule is CCNCc1ccc(CN(CC)c2ccccc2)c(Br)c1. The van der Waals surface area contributed by atoms with Gasteiger partial charge in [-0.25, -0.2) is 0 Å². The van der Waals surface area contributed by atoms with Gasteiger partial charge in [0, 0.05) is 29.8 Å². The monoisotopic (exact) mass is 346 g/mol. The van der Waals surface area contributed by atoms with E-state index in [1.165, 1.54) is 21.3 Å². The molecule has 2 aromatic rings. The lowest BCUT2D eigenvalue weighted by Gasteiger charge is -2.24. The van der Waals surface area contributed by atoms with Crippen molar-refractivity contribution in [3.63, 3.8) is 0 Å². The van der Waals surface area contributed by atoms with Crippen LogP contribution in [-0.2, 0) is 13.1 Å². The van der Waals surface area contributed by atoms with Crippen molar-refractivity contribution in [1.29, 1.82) is 0 Å². The van der Waals surface area contributed by atoms with Crippen molar-refractivity contribution in [3.05, 3.63) is 64.1 Å². The molecule has 0 heterocycles. The first kappa shape index (κ1) is 16.1. The molecule has 0 aliphatic heterocycles. The molecule has 21 heavy (non-hydrogen) atoms. The summed E-state index contributed by atoms with van der Waals surface area (Å²) in [5.41, 5.74) is 3.90. The molecule has 0 aliphatic carbocycles. The Morgan fingerprint density at radius 2 is 1.81 bits per heavy atom. The van der Waals surface area contributed by atoms with Crippen LogP contribution in [0.5, 0.6) is 0 Å². The van der Waals surface area contributed by atoms with E-state index in [0.717, 1.165) is 26.2 Å². The normalized spacial score (nSPS) is 10.6. The van der Waals surface area contributed by atoms with Crippen molar-refractivity contribution in [2.75, 3.05) is 18.0 Å². The average Bonchev–Trinajstić information content (AvgIpc) is 2.53. The lowest BCUT2D eigenvalue weighted by molar-refractivity contribution is 0.725. The van der Waals surface area contributed by atoms with Gasteiger partial charge in [0.1, 0.15) is 0 Å². The van der Waals surface area contributed by atoms with Crippen LogP contribution in [0.1, 0.15) is 25.0 Å². The van der Waals surface area contributed by atoms with Gasteiger partial charge in [0.25, 0.3) is 0 Å². The van der Waals surface area contributed by atoms with Crippen molar-refractivity contribution < 1.29 is 0 Å². The Labute approximate surface area is 136 Å². The average molecular weight is 347 g/mol. The first-order chi connectivity index (χ1) is 10.2. The van der Waals surface area contributed by atoms with Gasteiger partial charge in [-0.15, -0.1) is 0 Å². The third kappa shape index (κ3) is 4.58. The number of benzene rings is 2. The second-order valence-electron chi connectivity index (χ2n) is 5.06. The lowest BCUT2D eigenvalue weighted by atomic mass is 10.1. The van der Waals surface area contributed by atoms with Crippen molar-refractivity contribution in [2.24, 2.45) is 0 Å². The highest BCUT2D eigenvalue weighted by Crippen LogP contribution is 2.23. The fraction of sp³-hybridized carbons (Fsp3) is 0.333. The fourth-order valence-electron chi connectivity index (χ4n) is 2.33. The maximum absolute atomic E-state index is 3.71. The Balaban J connectivity index is 2.11. The predicted octanol–water partition coefficient (Wildman–Crippen LogP) is 4.59. The van der Waals surface area contributed by atoms with Gasteiger partial charge in [-0.1, -0.05) is 53.2 Å². The Morgan fingerprint density at radius 3 is 2.43 bits per heavy atom. The van der Waals surface area contributed by atoms with E-state index in [2.05, 4.69) is 88.5 Å². The van der Waals surface area contributed by atoms with Crippen LogP contribution in [0.2, 0.25) is 0 Å². The highest BCUT2D eigenvalue weighted by atomic mass is 79.9. The highest BCUT2D eigenvalue weighted by molar-refractivity contribution is 9.10. The number of nitrogens with one attached hydrogen (secondary N) is 1. The van der Waals surface area contributed by atoms with Crippen LogP contribution < -0.4 is 10.2 Å². The van der Waals surface area contributed by atoms with Crippen molar-refractivity contribution in [1.82, 2.24) is 5.32 Å². The lowest BCUT2D eigenvalue weighted by Crippen LogP contribution is -2.22. The largest absolute Gasteiger partial charge is 0.367 e. The maximum atomic E-state index is 3.71. The topological polar surface area (TPSA) is 15.3 Å². The van der Waals surface area contributed by atoms with E-state index < -0.39 is 0 Å². The van der Waals surface area contributed by atoms with Gasteiger partial charge in [-0.05, 0) is 42.8 Å². The first-order valence-electron chi connectivity index (χ1n) is 7.52. The van der Waals surface area contributed by atoms with E-state index >= 15 is 0 Å². The molecule has 0 radical (unpaired) electrons. The zero-order valence-electron chi connectivity index (χ0n) is 12.8. The number of halogens is 1. The van der Waals surface area contributed by atoms with Gasteiger partial charge in [-0.2, -0.15) is 0 Å². The molecule has 0 bridgehead atoms. The van der Waals surface area contributed by atoms with Crippen LogP contribution in [0.25, 0.3) is 0 Å². The summed E-state index contributed by atoms with van der Waals surface area (Å²) in [6, 6.07) is 17.2. The summed E-state index contributed by atoms with van der Waals surface area (Å²) in [6.07, 6.45) is 0. The molecule has 0 spiro atoms. The molecule has 2 rings (SSSR count). The van der Waals surface area contributed by atoms with Crippen LogP contribution in [-0.4, -0.2) is 13.1 Å². The van der Waals surface area contributed by atoms with E-state index in [4.69, 9.17) is 0 Å². The molecule has 1 N–H and O–H groups in total. The number of hydrogen-bond acceptors (Lipinski definition) is 2. The van der Waals surface area contributed by atoms with E-state index in [1.807, 2.05) is 0 Å². The third-order valence-corrected chi connectivity index (χ3v) is 4.30. The second kappa shape index (κ2) is 8.20. The molecule has 0 atom stereocenters. The standard InChI is InChI=1S/C18H23BrN2/c1-3-20-13-15-10-11-16(18(19)12-15)14-21(4-2)17-8-6-5-7-9-17/h5-12,20H,3-4,13-14H2,1-2H3. The van der Waals surface area contributed by atoms with Crippen LogP contribution in [0, 0.1) is 0 Å². The smallest absolute Gasteiger partial charge is 0.0440 e. The van der Waals surface area contributed by atoms with Gasteiger partial charge in [0.05, 0.1) is 0 Å².